The van der Waals surface area contributed by atoms with Gasteiger partial charge in [-0.25, -0.2) is 13.2 Å². The lowest BCUT2D eigenvalue weighted by molar-refractivity contribution is 0.215. The van der Waals surface area contributed by atoms with Gasteiger partial charge in [0, 0.05) is 40.8 Å². The van der Waals surface area contributed by atoms with Crippen LogP contribution >= 0.6 is 0 Å². The molecule has 0 aliphatic carbocycles. The van der Waals surface area contributed by atoms with E-state index in [1.165, 1.54) is 15.9 Å². The molecule has 10 heteroatoms. The first-order valence-electron chi connectivity index (χ1n) is 16.6. The van der Waals surface area contributed by atoms with Gasteiger partial charge in [-0.1, -0.05) is 84.9 Å². The number of hydrogen-bond acceptors (Lipinski definition) is 7. The Morgan fingerprint density at radius 3 is 2.31 bits per heavy atom. The number of ether oxygens (including phenoxy) is 2. The smallest absolute Gasteiger partial charge is 0.417 e. The number of anilines is 5. The third kappa shape index (κ3) is 5.50. The molecule has 0 saturated heterocycles. The second-order valence-electron chi connectivity index (χ2n) is 12.5. The molecule has 0 fully saturated rings. The molecule has 0 radical (unpaired) electrons. The van der Waals surface area contributed by atoms with E-state index in [0.29, 0.717) is 34.1 Å². The minimum absolute atomic E-state index is 0.152. The number of carbonyl (C=O) groups is 1. The van der Waals surface area contributed by atoms with Crippen molar-refractivity contribution >= 4 is 45.4 Å². The molecule has 1 unspecified atom stereocenters. The summed E-state index contributed by atoms with van der Waals surface area (Å²) >= 11 is 0. The van der Waals surface area contributed by atoms with Crippen molar-refractivity contribution in [3.05, 3.63) is 167 Å². The average molecular weight is 695 g/mol. The van der Waals surface area contributed by atoms with E-state index in [4.69, 9.17) is 15.2 Å². The van der Waals surface area contributed by atoms with E-state index >= 15 is 0 Å². The molecule has 0 aromatic heterocycles. The largest absolute Gasteiger partial charge is 0.456 e. The summed E-state index contributed by atoms with van der Waals surface area (Å²) < 4.78 is 41.7. The highest BCUT2D eigenvalue weighted by Crippen LogP contribution is 2.57. The van der Waals surface area contributed by atoms with Crippen LogP contribution in [-0.2, 0) is 22.8 Å². The second kappa shape index (κ2) is 12.9. The summed E-state index contributed by atoms with van der Waals surface area (Å²) in [6.45, 7) is 2.76. The van der Waals surface area contributed by atoms with Gasteiger partial charge in [0.1, 0.15) is 22.8 Å². The Morgan fingerprint density at radius 2 is 1.51 bits per heavy atom. The van der Waals surface area contributed by atoms with Crippen LogP contribution in [0, 0.1) is 6.92 Å². The topological polar surface area (TPSA) is 114 Å². The Kier molecular flexibility index (Phi) is 8.08. The highest BCUT2D eigenvalue weighted by molar-refractivity contribution is 7.74. The number of nitrogen functional groups attached to an aromatic ring is 1. The molecule has 3 N–H and O–H groups in total. The Bertz CT molecular complexity index is 2360. The van der Waals surface area contributed by atoms with Crippen LogP contribution in [0.1, 0.15) is 27.8 Å². The molecule has 0 bridgehead atoms. The maximum absolute atomic E-state index is 14.1. The van der Waals surface area contributed by atoms with E-state index in [-0.39, 0.29) is 11.4 Å². The predicted octanol–water partition coefficient (Wildman–Crippen LogP) is 8.31. The highest BCUT2D eigenvalue weighted by Gasteiger charge is 2.51. The molecule has 2 aliphatic heterocycles. The number of benzene rings is 6. The summed E-state index contributed by atoms with van der Waals surface area (Å²) in [5.41, 5.74) is 11.5. The first-order valence-corrected chi connectivity index (χ1v) is 17.7. The van der Waals surface area contributed by atoms with E-state index in [0.717, 1.165) is 35.5 Å². The Balaban J connectivity index is 1.36. The second-order valence-corrected chi connectivity index (χ2v) is 13.4. The van der Waals surface area contributed by atoms with Crippen LogP contribution in [0.3, 0.4) is 0 Å². The fourth-order valence-corrected chi connectivity index (χ4v) is 8.28. The van der Waals surface area contributed by atoms with Crippen molar-refractivity contribution in [2.75, 3.05) is 26.8 Å². The molecule has 8 rings (SSSR count). The number of rotatable bonds is 7. The van der Waals surface area contributed by atoms with Crippen molar-refractivity contribution in [3.8, 4) is 17.2 Å². The number of nitrogens with one attached hydrogen (secondary N) is 1. The first-order chi connectivity index (χ1) is 24.8. The minimum Gasteiger partial charge on any atom is -0.456 e. The average Bonchev–Trinajstić information content (AvgIpc) is 3.57. The summed E-state index contributed by atoms with van der Waals surface area (Å²) in [6.07, 6.45) is 0.108. The number of nitrogens with two attached hydrogens (primary N) is 1. The van der Waals surface area contributed by atoms with Gasteiger partial charge in [-0.05, 0) is 78.6 Å². The Labute approximate surface area is 297 Å². The van der Waals surface area contributed by atoms with Crippen LogP contribution < -0.4 is 29.7 Å². The van der Waals surface area contributed by atoms with Crippen LogP contribution in [0.15, 0.2) is 140 Å². The number of nitrogens with zero attached hydrogens (tertiary/aromatic N) is 2. The van der Waals surface area contributed by atoms with Crippen molar-refractivity contribution in [1.82, 2.24) is 0 Å². The number of para-hydroxylation sites is 3. The van der Waals surface area contributed by atoms with Crippen molar-refractivity contribution in [3.63, 3.8) is 0 Å². The number of hydrogen-bond donors (Lipinski definition) is 3. The number of thiol groups is 1. The molecule has 6 aromatic carbocycles. The van der Waals surface area contributed by atoms with Crippen molar-refractivity contribution in [2.24, 2.45) is 0 Å². The number of aryl methyl sites for hydroxylation is 1. The highest BCUT2D eigenvalue weighted by atomic mass is 32.2. The third-order valence-electron chi connectivity index (χ3n) is 9.51. The fraction of sp³-hybridized carbons (Fsp3) is 0.0976. The molecule has 51 heavy (non-hydrogen) atoms. The van der Waals surface area contributed by atoms with E-state index in [1.807, 2.05) is 91.9 Å². The third-order valence-corrected chi connectivity index (χ3v) is 10.3. The zero-order valence-electron chi connectivity index (χ0n) is 27.7. The molecular formula is C41H34N4O5S. The quantitative estimate of drug-likeness (QED) is 0.114. The van der Waals surface area contributed by atoms with Crippen molar-refractivity contribution < 1.29 is 22.7 Å². The SMILES string of the molecule is Cc1ccccc1C1(N(c2ccc(N)cc2NC(=O)Oc2ccccc2)[SH](=O)=O)c2ccccc2Oc2cc(N3CCc4ccccc43)ccc21. The molecule has 2 aliphatic rings. The van der Waals surface area contributed by atoms with Crippen LogP contribution in [0.25, 0.3) is 0 Å². The van der Waals surface area contributed by atoms with Gasteiger partial charge < -0.3 is 20.1 Å². The minimum atomic E-state index is -3.41. The molecule has 9 nitrogen and oxygen atoms in total. The van der Waals surface area contributed by atoms with Crippen LogP contribution in [0.4, 0.5) is 33.2 Å². The summed E-state index contributed by atoms with van der Waals surface area (Å²) in [7, 11) is -3.41. The zero-order valence-corrected chi connectivity index (χ0v) is 28.5. The van der Waals surface area contributed by atoms with Gasteiger partial charge >= 0.3 is 6.09 Å². The maximum atomic E-state index is 14.1. The van der Waals surface area contributed by atoms with Crippen LogP contribution in [0.5, 0.6) is 17.2 Å². The van der Waals surface area contributed by atoms with Gasteiger partial charge in [-0.3, -0.25) is 9.62 Å². The molecule has 2 heterocycles. The summed E-state index contributed by atoms with van der Waals surface area (Å²) in [6, 6.07) is 42.8. The van der Waals surface area contributed by atoms with Gasteiger partial charge in [0.2, 0.25) is 10.9 Å². The lowest BCUT2D eigenvalue weighted by Crippen LogP contribution is -2.50. The van der Waals surface area contributed by atoms with E-state index < -0.39 is 22.5 Å². The standard InChI is InChI=1S/C41H34N4O5S/c1-27-11-5-7-15-32(27)41(45(51(47)48)37-22-19-29(42)25-35(37)43-40(46)49-31-13-3-2-4-14-31)33-16-8-10-18-38(33)50-39-26-30(20-21-34(39)41)44-24-23-28-12-6-9-17-36(28)44/h2-22,25-26,51H,23-24,42H2,1H3,(H,43,46). The first kappa shape index (κ1) is 32.0. The van der Waals surface area contributed by atoms with Gasteiger partial charge in [-0.2, -0.15) is 0 Å². The number of carbonyl (C=O) groups excluding carboxylic acids is 1. The van der Waals surface area contributed by atoms with Gasteiger partial charge in [-0.15, -0.1) is 0 Å². The van der Waals surface area contributed by atoms with Gasteiger partial charge in [0.15, 0.2) is 0 Å². The lowest BCUT2D eigenvalue weighted by Gasteiger charge is -2.47. The van der Waals surface area contributed by atoms with Gasteiger partial charge in [0.25, 0.3) is 0 Å². The summed E-state index contributed by atoms with van der Waals surface area (Å²) in [5, 5.41) is 2.77. The fourth-order valence-electron chi connectivity index (χ4n) is 7.36. The normalized spacial score (nSPS) is 15.7. The molecule has 6 aromatic rings. The maximum Gasteiger partial charge on any atom is 0.417 e. The summed E-state index contributed by atoms with van der Waals surface area (Å²) in [4.78, 5) is 15.5. The molecule has 0 saturated carbocycles. The molecule has 1 amide bonds. The van der Waals surface area contributed by atoms with Crippen LogP contribution in [-0.4, -0.2) is 21.1 Å². The van der Waals surface area contributed by atoms with E-state index in [1.54, 1.807) is 36.4 Å². The Morgan fingerprint density at radius 1 is 0.804 bits per heavy atom. The number of amides is 1. The molecule has 1 atom stereocenters. The molecule has 0 spiro atoms. The lowest BCUT2D eigenvalue weighted by atomic mass is 9.73. The van der Waals surface area contributed by atoms with Crippen LogP contribution in [0.2, 0.25) is 0 Å². The summed E-state index contributed by atoms with van der Waals surface area (Å²) in [5.74, 6) is 1.34. The van der Waals surface area contributed by atoms with Crippen molar-refractivity contribution in [1.29, 1.82) is 0 Å². The monoisotopic (exact) mass is 694 g/mol. The Hall–Kier alpha value is -6.26. The van der Waals surface area contributed by atoms with E-state index in [9.17, 15) is 13.2 Å². The van der Waals surface area contributed by atoms with Crippen molar-refractivity contribution in [2.45, 2.75) is 18.9 Å². The van der Waals surface area contributed by atoms with E-state index in [2.05, 4.69) is 22.3 Å². The van der Waals surface area contributed by atoms with Gasteiger partial charge in [0.05, 0.1) is 11.4 Å². The number of fused-ring (bicyclic) bond motifs is 3. The molecular weight excluding hydrogens is 661 g/mol. The molecule has 254 valence electrons. The zero-order chi connectivity index (χ0) is 35.1. The predicted molar refractivity (Wildman–Crippen MR) is 201 cm³/mol.